The minimum absolute atomic E-state index is 0.201. The molecule has 0 aromatic heterocycles. The number of rotatable bonds is 4. The van der Waals surface area contributed by atoms with Crippen LogP contribution in [0.25, 0.3) is 10.8 Å². The van der Waals surface area contributed by atoms with Crippen molar-refractivity contribution >= 4 is 22.6 Å². The Kier molecular flexibility index (Phi) is 3.45. The number of imide groups is 1. The van der Waals surface area contributed by atoms with Gasteiger partial charge in [0.25, 0.3) is 11.8 Å². The lowest BCUT2D eigenvalue weighted by Crippen LogP contribution is -2.37. The summed E-state index contributed by atoms with van der Waals surface area (Å²) >= 11 is 0. The Bertz CT molecular complexity index is 672. The van der Waals surface area contributed by atoms with Crippen molar-refractivity contribution in [2.75, 3.05) is 13.1 Å². The van der Waals surface area contributed by atoms with Gasteiger partial charge in [0.15, 0.2) is 0 Å². The van der Waals surface area contributed by atoms with Crippen molar-refractivity contribution in [3.05, 3.63) is 47.5 Å². The smallest absolute Gasteiger partial charge is 0.261 e. The molecule has 0 bridgehead atoms. The predicted octanol–water partition coefficient (Wildman–Crippen LogP) is 1.11. The minimum atomic E-state index is -0.245. The van der Waals surface area contributed by atoms with Gasteiger partial charge in [-0.1, -0.05) is 24.3 Å². The fourth-order valence-corrected chi connectivity index (χ4v) is 2.59. The molecule has 2 aromatic carbocycles. The van der Waals surface area contributed by atoms with E-state index in [2.05, 4.69) is 0 Å². The maximum Gasteiger partial charge on any atom is 0.261 e. The van der Waals surface area contributed by atoms with Crippen molar-refractivity contribution < 1.29 is 9.59 Å². The Morgan fingerprint density at radius 3 is 2.00 bits per heavy atom. The molecule has 0 fully saturated rings. The number of hydrogen-bond donors (Lipinski definition) is 2. The number of carbonyl (C=O) groups excluding carboxylic acids is 2. The van der Waals surface area contributed by atoms with Crippen LogP contribution in [0.2, 0.25) is 0 Å². The van der Waals surface area contributed by atoms with Crippen LogP contribution in [0.4, 0.5) is 0 Å². The van der Waals surface area contributed by atoms with Crippen molar-refractivity contribution in [2.24, 2.45) is 11.5 Å². The Morgan fingerprint density at radius 2 is 1.52 bits per heavy atom. The van der Waals surface area contributed by atoms with Gasteiger partial charge in [0, 0.05) is 19.1 Å². The van der Waals surface area contributed by atoms with Crippen LogP contribution in [0, 0.1) is 0 Å². The normalized spacial score (nSPS) is 15.6. The number of nitrogens with two attached hydrogens (primary N) is 2. The summed E-state index contributed by atoms with van der Waals surface area (Å²) in [7, 11) is 0. The van der Waals surface area contributed by atoms with Gasteiger partial charge in [-0.05, 0) is 29.3 Å². The molecule has 3 rings (SSSR count). The predicted molar refractivity (Wildman–Crippen MR) is 81.0 cm³/mol. The summed E-state index contributed by atoms with van der Waals surface area (Å²) in [5.74, 6) is -0.491. The van der Waals surface area contributed by atoms with E-state index in [1.807, 2.05) is 24.3 Å². The minimum Gasteiger partial charge on any atom is -0.329 e. The third-order valence-corrected chi connectivity index (χ3v) is 3.86. The molecule has 5 nitrogen and oxygen atoms in total. The van der Waals surface area contributed by atoms with Gasteiger partial charge >= 0.3 is 0 Å². The zero-order chi connectivity index (χ0) is 15.0. The highest BCUT2D eigenvalue weighted by molar-refractivity contribution is 6.23. The Hall–Kier alpha value is -2.24. The highest BCUT2D eigenvalue weighted by Crippen LogP contribution is 2.28. The molecule has 4 N–H and O–H groups in total. The maximum atomic E-state index is 12.4. The number of amides is 2. The maximum absolute atomic E-state index is 12.4. The van der Waals surface area contributed by atoms with Crippen LogP contribution >= 0.6 is 0 Å². The van der Waals surface area contributed by atoms with Gasteiger partial charge in [-0.25, -0.2) is 0 Å². The highest BCUT2D eigenvalue weighted by Gasteiger charge is 2.35. The van der Waals surface area contributed by atoms with Crippen molar-refractivity contribution in [1.82, 2.24) is 4.90 Å². The number of benzene rings is 2. The molecule has 0 saturated heterocycles. The molecule has 0 radical (unpaired) electrons. The fraction of sp³-hybridized carbons (Fsp3) is 0.250. The summed E-state index contributed by atoms with van der Waals surface area (Å²) in [5.41, 5.74) is 12.2. The standard InChI is InChI=1S/C16H17N3O2/c17-9-12(18)5-6-19-15(20)13-7-10-3-1-2-4-11(10)8-14(13)16(19)21/h1-4,7-8,12H,5-6,9,17-18H2. The number of hydrogen-bond acceptors (Lipinski definition) is 4. The zero-order valence-corrected chi connectivity index (χ0v) is 11.6. The summed E-state index contributed by atoms with van der Waals surface area (Å²) in [5, 5.41) is 1.91. The molecule has 0 aliphatic carbocycles. The third-order valence-electron chi connectivity index (χ3n) is 3.86. The molecule has 1 aliphatic heterocycles. The topological polar surface area (TPSA) is 89.4 Å². The number of carbonyl (C=O) groups is 2. The van der Waals surface area contributed by atoms with E-state index in [-0.39, 0.29) is 17.9 Å². The molecule has 1 unspecified atom stereocenters. The van der Waals surface area contributed by atoms with Gasteiger partial charge in [-0.15, -0.1) is 0 Å². The molecule has 108 valence electrons. The highest BCUT2D eigenvalue weighted by atomic mass is 16.2. The average Bonchev–Trinajstić information content (AvgIpc) is 2.74. The van der Waals surface area contributed by atoms with E-state index in [4.69, 9.17) is 11.5 Å². The van der Waals surface area contributed by atoms with Crippen LogP contribution in [-0.2, 0) is 0 Å². The van der Waals surface area contributed by atoms with E-state index in [0.717, 1.165) is 10.8 Å². The Morgan fingerprint density at radius 1 is 1.00 bits per heavy atom. The molecular formula is C16H17N3O2. The molecule has 1 aliphatic rings. The Labute approximate surface area is 122 Å². The summed E-state index contributed by atoms with van der Waals surface area (Å²) < 4.78 is 0. The van der Waals surface area contributed by atoms with Gasteiger partial charge in [0.1, 0.15) is 0 Å². The van der Waals surface area contributed by atoms with E-state index in [1.54, 1.807) is 12.1 Å². The van der Waals surface area contributed by atoms with Gasteiger partial charge in [0.2, 0.25) is 0 Å². The first-order valence-electron chi connectivity index (χ1n) is 6.96. The van der Waals surface area contributed by atoms with Crippen molar-refractivity contribution in [3.8, 4) is 0 Å². The van der Waals surface area contributed by atoms with Crippen molar-refractivity contribution in [1.29, 1.82) is 0 Å². The van der Waals surface area contributed by atoms with Crippen molar-refractivity contribution in [2.45, 2.75) is 12.5 Å². The molecule has 1 atom stereocenters. The van der Waals surface area contributed by atoms with Gasteiger partial charge in [-0.2, -0.15) is 0 Å². The zero-order valence-electron chi connectivity index (χ0n) is 11.6. The molecule has 0 spiro atoms. The van der Waals surface area contributed by atoms with Crippen LogP contribution in [0.3, 0.4) is 0 Å². The second-order valence-electron chi connectivity index (χ2n) is 5.29. The monoisotopic (exact) mass is 283 g/mol. The second kappa shape index (κ2) is 5.27. The summed E-state index contributed by atoms with van der Waals surface area (Å²) in [6.45, 7) is 0.647. The first-order valence-corrected chi connectivity index (χ1v) is 6.96. The second-order valence-corrected chi connectivity index (χ2v) is 5.29. The van der Waals surface area contributed by atoms with Gasteiger partial charge in [-0.3, -0.25) is 14.5 Å². The molecular weight excluding hydrogens is 266 g/mol. The van der Waals surface area contributed by atoms with Crippen LogP contribution in [0.1, 0.15) is 27.1 Å². The summed E-state index contributed by atoms with van der Waals surface area (Å²) in [6.07, 6.45) is 0.515. The lowest BCUT2D eigenvalue weighted by Gasteiger charge is -2.16. The van der Waals surface area contributed by atoms with Crippen LogP contribution in [0.15, 0.2) is 36.4 Å². The van der Waals surface area contributed by atoms with E-state index in [1.165, 1.54) is 4.90 Å². The first kappa shape index (κ1) is 13.7. The summed E-state index contributed by atoms with van der Waals surface area (Å²) in [4.78, 5) is 26.0. The largest absolute Gasteiger partial charge is 0.329 e. The van der Waals surface area contributed by atoms with E-state index >= 15 is 0 Å². The average molecular weight is 283 g/mol. The van der Waals surface area contributed by atoms with Gasteiger partial charge < -0.3 is 11.5 Å². The van der Waals surface area contributed by atoms with Crippen LogP contribution in [0.5, 0.6) is 0 Å². The fourth-order valence-electron chi connectivity index (χ4n) is 2.59. The van der Waals surface area contributed by atoms with Crippen molar-refractivity contribution in [3.63, 3.8) is 0 Å². The molecule has 1 heterocycles. The molecule has 5 heteroatoms. The molecule has 2 amide bonds. The lowest BCUT2D eigenvalue weighted by atomic mass is 10.0. The van der Waals surface area contributed by atoms with E-state index < -0.39 is 0 Å². The third kappa shape index (κ3) is 2.30. The Balaban J connectivity index is 1.94. The van der Waals surface area contributed by atoms with Gasteiger partial charge in [0.05, 0.1) is 11.1 Å². The molecule has 0 saturated carbocycles. The van der Waals surface area contributed by atoms with E-state index in [9.17, 15) is 9.59 Å². The van der Waals surface area contributed by atoms with Crippen LogP contribution in [-0.4, -0.2) is 35.8 Å². The molecule has 21 heavy (non-hydrogen) atoms. The van der Waals surface area contributed by atoms with E-state index in [0.29, 0.717) is 30.6 Å². The quantitative estimate of drug-likeness (QED) is 0.823. The van der Waals surface area contributed by atoms with Crippen LogP contribution < -0.4 is 11.5 Å². The SMILES string of the molecule is NCC(N)CCN1C(=O)c2cc3ccccc3cc2C1=O. The lowest BCUT2D eigenvalue weighted by molar-refractivity contribution is 0.0650. The molecule has 2 aromatic rings. The number of nitrogens with zero attached hydrogens (tertiary/aromatic N) is 1. The summed E-state index contributed by atoms with van der Waals surface area (Å²) in [6, 6.07) is 11.1. The first-order chi connectivity index (χ1) is 10.1. The number of fused-ring (bicyclic) bond motifs is 2.